The van der Waals surface area contributed by atoms with Crippen molar-refractivity contribution in [3.8, 4) is 0 Å². The zero-order chi connectivity index (χ0) is 14.7. The fourth-order valence-corrected chi connectivity index (χ4v) is 3.10. The zero-order valence-corrected chi connectivity index (χ0v) is 13.3. The van der Waals surface area contributed by atoms with E-state index in [1.165, 1.54) is 6.42 Å². The molecule has 21 heavy (non-hydrogen) atoms. The van der Waals surface area contributed by atoms with Gasteiger partial charge in [-0.05, 0) is 31.1 Å². The summed E-state index contributed by atoms with van der Waals surface area (Å²) in [7, 11) is 2.08. The molecule has 1 unspecified atom stereocenters. The molecule has 0 aliphatic carbocycles. The third-order valence-corrected chi connectivity index (χ3v) is 4.36. The normalized spacial score (nSPS) is 18.9. The molecule has 3 rings (SSSR count). The first-order chi connectivity index (χ1) is 10.3. The fourth-order valence-electron chi connectivity index (χ4n) is 2.75. The summed E-state index contributed by atoms with van der Waals surface area (Å²) in [6, 6.07) is 1.94. The number of fused-ring (bicyclic) bond motifs is 1. The van der Waals surface area contributed by atoms with E-state index in [1.807, 2.05) is 24.7 Å². The lowest BCUT2D eigenvalue weighted by Crippen LogP contribution is -2.31. The third kappa shape index (κ3) is 3.27. The number of nitrogens with zero attached hydrogens (tertiary/aromatic N) is 4. The van der Waals surface area contributed by atoms with Crippen LogP contribution < -0.4 is 4.90 Å². The van der Waals surface area contributed by atoms with Crippen molar-refractivity contribution in [3.05, 3.63) is 18.5 Å². The van der Waals surface area contributed by atoms with Gasteiger partial charge in [0.05, 0.1) is 17.5 Å². The van der Waals surface area contributed by atoms with Gasteiger partial charge in [0, 0.05) is 32.6 Å². The van der Waals surface area contributed by atoms with Gasteiger partial charge in [0.15, 0.2) is 5.16 Å². The predicted molar refractivity (Wildman–Crippen MR) is 85.9 cm³/mol. The van der Waals surface area contributed by atoms with Crippen molar-refractivity contribution < 1.29 is 4.74 Å². The highest BCUT2D eigenvalue weighted by molar-refractivity contribution is 7.98. The lowest BCUT2D eigenvalue weighted by molar-refractivity contribution is 0.0576. The van der Waals surface area contributed by atoms with Crippen LogP contribution in [0.4, 0.5) is 5.82 Å². The molecule has 0 bridgehead atoms. The molecule has 0 radical (unpaired) electrons. The van der Waals surface area contributed by atoms with Crippen molar-refractivity contribution in [1.82, 2.24) is 15.0 Å². The number of hydrogen-bond acceptors (Lipinski definition) is 6. The molecule has 1 aliphatic heterocycles. The highest BCUT2D eigenvalue weighted by atomic mass is 32.2. The third-order valence-electron chi connectivity index (χ3n) is 3.80. The van der Waals surface area contributed by atoms with Crippen molar-refractivity contribution in [3.63, 3.8) is 0 Å². The average molecular weight is 304 g/mol. The fraction of sp³-hybridized carbons (Fsp3) is 0.533. The Labute approximate surface area is 129 Å². The second-order valence-corrected chi connectivity index (χ2v) is 6.16. The van der Waals surface area contributed by atoms with E-state index in [9.17, 15) is 0 Å². The van der Waals surface area contributed by atoms with Gasteiger partial charge in [-0.25, -0.2) is 15.0 Å². The first kappa shape index (κ1) is 14.5. The number of aromatic nitrogens is 3. The number of anilines is 1. The monoisotopic (exact) mass is 304 g/mol. The SMILES string of the molecule is CSc1ncc2c(N(C)CC3CCCOC3)nccc2n1. The van der Waals surface area contributed by atoms with Gasteiger partial charge < -0.3 is 9.64 Å². The molecule has 1 fully saturated rings. The van der Waals surface area contributed by atoms with Gasteiger partial charge in [0.1, 0.15) is 5.82 Å². The molecule has 1 aliphatic rings. The lowest BCUT2D eigenvalue weighted by Gasteiger charge is -2.28. The second kappa shape index (κ2) is 6.58. The first-order valence-corrected chi connectivity index (χ1v) is 8.45. The van der Waals surface area contributed by atoms with Crippen LogP contribution in [0.25, 0.3) is 10.9 Å². The molecule has 2 aromatic rings. The topological polar surface area (TPSA) is 51.1 Å². The summed E-state index contributed by atoms with van der Waals surface area (Å²) >= 11 is 1.55. The Morgan fingerprint density at radius 2 is 2.33 bits per heavy atom. The maximum atomic E-state index is 5.56. The van der Waals surface area contributed by atoms with Crippen LogP contribution in [-0.4, -0.2) is 48.0 Å². The van der Waals surface area contributed by atoms with Gasteiger partial charge in [-0.1, -0.05) is 11.8 Å². The van der Waals surface area contributed by atoms with Crippen molar-refractivity contribution in [2.24, 2.45) is 5.92 Å². The highest BCUT2D eigenvalue weighted by Crippen LogP contribution is 2.25. The van der Waals surface area contributed by atoms with E-state index in [4.69, 9.17) is 4.74 Å². The maximum Gasteiger partial charge on any atom is 0.187 e. The Kier molecular flexibility index (Phi) is 4.55. The summed E-state index contributed by atoms with van der Waals surface area (Å²) in [6.45, 7) is 2.71. The summed E-state index contributed by atoms with van der Waals surface area (Å²) < 4.78 is 5.56. The van der Waals surface area contributed by atoms with E-state index in [0.29, 0.717) is 5.92 Å². The summed E-state index contributed by atoms with van der Waals surface area (Å²) in [5, 5.41) is 1.80. The van der Waals surface area contributed by atoms with E-state index in [-0.39, 0.29) is 0 Å². The minimum Gasteiger partial charge on any atom is -0.381 e. The summed E-state index contributed by atoms with van der Waals surface area (Å²) in [6.07, 6.45) is 8.06. The Hall–Kier alpha value is -1.40. The lowest BCUT2D eigenvalue weighted by atomic mass is 10.0. The van der Waals surface area contributed by atoms with Gasteiger partial charge in [-0.3, -0.25) is 0 Å². The Morgan fingerprint density at radius 1 is 1.43 bits per heavy atom. The molecular formula is C15H20N4OS. The summed E-state index contributed by atoms with van der Waals surface area (Å²) in [5.74, 6) is 1.53. The molecular weight excluding hydrogens is 284 g/mol. The first-order valence-electron chi connectivity index (χ1n) is 7.22. The molecule has 0 spiro atoms. The molecule has 112 valence electrons. The second-order valence-electron chi connectivity index (χ2n) is 5.39. The van der Waals surface area contributed by atoms with Crippen molar-refractivity contribution in [1.29, 1.82) is 0 Å². The molecule has 0 amide bonds. The number of thioether (sulfide) groups is 1. The van der Waals surface area contributed by atoms with Crippen LogP contribution >= 0.6 is 11.8 Å². The van der Waals surface area contributed by atoms with Crippen molar-refractivity contribution in [2.75, 3.05) is 38.0 Å². The quantitative estimate of drug-likeness (QED) is 0.639. The van der Waals surface area contributed by atoms with Crippen LogP contribution in [0.15, 0.2) is 23.6 Å². The maximum absolute atomic E-state index is 5.56. The molecule has 2 aromatic heterocycles. The van der Waals surface area contributed by atoms with E-state index in [1.54, 1.807) is 11.8 Å². The van der Waals surface area contributed by atoms with Crippen LogP contribution in [0.5, 0.6) is 0 Å². The van der Waals surface area contributed by atoms with Gasteiger partial charge >= 0.3 is 0 Å². The van der Waals surface area contributed by atoms with Gasteiger partial charge in [-0.15, -0.1) is 0 Å². The molecule has 0 aromatic carbocycles. The van der Waals surface area contributed by atoms with Gasteiger partial charge in [0.25, 0.3) is 0 Å². The van der Waals surface area contributed by atoms with Crippen LogP contribution in [0, 0.1) is 5.92 Å². The Balaban J connectivity index is 1.84. The van der Waals surface area contributed by atoms with Crippen molar-refractivity contribution in [2.45, 2.75) is 18.0 Å². The highest BCUT2D eigenvalue weighted by Gasteiger charge is 2.18. The smallest absolute Gasteiger partial charge is 0.187 e. The molecule has 0 saturated carbocycles. The Morgan fingerprint density at radius 3 is 3.10 bits per heavy atom. The van der Waals surface area contributed by atoms with E-state index in [2.05, 4.69) is 26.9 Å². The molecule has 0 N–H and O–H groups in total. The van der Waals surface area contributed by atoms with E-state index >= 15 is 0 Å². The van der Waals surface area contributed by atoms with Gasteiger partial charge in [0.2, 0.25) is 0 Å². The number of hydrogen-bond donors (Lipinski definition) is 0. The van der Waals surface area contributed by atoms with Crippen LogP contribution in [0.1, 0.15) is 12.8 Å². The van der Waals surface area contributed by atoms with E-state index in [0.717, 1.165) is 48.1 Å². The molecule has 1 atom stereocenters. The Bertz CT molecular complexity index is 616. The minimum absolute atomic E-state index is 0.576. The van der Waals surface area contributed by atoms with Crippen molar-refractivity contribution >= 4 is 28.5 Å². The molecule has 5 nitrogen and oxygen atoms in total. The van der Waals surface area contributed by atoms with Crippen LogP contribution in [-0.2, 0) is 4.74 Å². The summed E-state index contributed by atoms with van der Waals surface area (Å²) in [4.78, 5) is 15.6. The van der Waals surface area contributed by atoms with Crippen LogP contribution in [0.2, 0.25) is 0 Å². The number of rotatable bonds is 4. The molecule has 6 heteroatoms. The summed E-state index contributed by atoms with van der Waals surface area (Å²) in [5.41, 5.74) is 0.950. The number of pyridine rings is 1. The molecule has 3 heterocycles. The average Bonchev–Trinajstić information content (AvgIpc) is 2.54. The van der Waals surface area contributed by atoms with E-state index < -0.39 is 0 Å². The van der Waals surface area contributed by atoms with Gasteiger partial charge in [-0.2, -0.15) is 0 Å². The number of ether oxygens (including phenoxy) is 1. The minimum atomic E-state index is 0.576. The molecule has 1 saturated heterocycles. The largest absolute Gasteiger partial charge is 0.381 e. The zero-order valence-electron chi connectivity index (χ0n) is 12.5. The van der Waals surface area contributed by atoms with Crippen LogP contribution in [0.3, 0.4) is 0 Å². The predicted octanol–water partition coefficient (Wildman–Crippen LogP) is 2.61. The standard InChI is InChI=1S/C15H20N4OS/c1-19(9-11-4-3-7-20-10-11)14-12-8-17-15(21-2)18-13(12)5-6-16-14/h5-6,8,11H,3-4,7,9-10H2,1-2H3.